The number of amides is 1. The van der Waals surface area contributed by atoms with Crippen molar-refractivity contribution in [1.82, 2.24) is 34.8 Å². The van der Waals surface area contributed by atoms with Crippen LogP contribution in [0, 0.1) is 29.6 Å². The van der Waals surface area contributed by atoms with E-state index in [1.54, 1.807) is 67.3 Å². The number of likely N-dealkylation sites (N-methyl/N-ethyl adjacent to an activating group) is 1. The van der Waals surface area contributed by atoms with E-state index in [4.69, 9.17) is 23.7 Å². The number of halogens is 1. The number of methoxy groups -OCH3 is 1. The van der Waals surface area contributed by atoms with E-state index >= 15 is 4.39 Å². The van der Waals surface area contributed by atoms with Gasteiger partial charge in [0.15, 0.2) is 17.7 Å². The van der Waals surface area contributed by atoms with Gasteiger partial charge in [-0.15, -0.1) is 5.10 Å². The molecule has 2 fully saturated rings. The minimum absolute atomic E-state index is 0.0358. The number of nitrogens with zero attached hydrogens (tertiary/aromatic N) is 7. The van der Waals surface area contributed by atoms with E-state index in [0.717, 1.165) is 6.92 Å². The summed E-state index contributed by atoms with van der Waals surface area (Å²) < 4.78 is 48.7. The van der Waals surface area contributed by atoms with Crippen LogP contribution in [0.3, 0.4) is 0 Å². The van der Waals surface area contributed by atoms with Crippen molar-refractivity contribution in [3.8, 4) is 23.2 Å². The van der Waals surface area contributed by atoms with Crippen LogP contribution in [0.15, 0.2) is 24.8 Å². The van der Waals surface area contributed by atoms with Crippen molar-refractivity contribution in [3.05, 3.63) is 24.8 Å². The Morgan fingerprint density at radius 1 is 1.03 bits per heavy atom. The number of aliphatic hydroxyl groups is 1. The highest BCUT2D eigenvalue weighted by Crippen LogP contribution is 2.43. The summed E-state index contributed by atoms with van der Waals surface area (Å²) in [5.74, 6) is -0.178. The molecule has 4 rings (SSSR count). The van der Waals surface area contributed by atoms with Crippen LogP contribution in [-0.2, 0) is 44.6 Å². The fraction of sp³-hybridized carbons (Fsp3) is 0.714. The highest BCUT2D eigenvalue weighted by atomic mass is 19.1. The zero-order valence-corrected chi connectivity index (χ0v) is 36.9. The third-order valence-electron chi connectivity index (χ3n) is 12.0. The first-order chi connectivity index (χ1) is 28.2. The van der Waals surface area contributed by atoms with Gasteiger partial charge in [0.05, 0.1) is 36.7 Å². The second kappa shape index (κ2) is 20.0. The number of hydrogen-bond donors (Lipinski definition) is 1. The molecule has 4 heterocycles. The monoisotopic (exact) mass is 843 g/mol. The Morgan fingerprint density at radius 3 is 2.30 bits per heavy atom. The lowest BCUT2D eigenvalue weighted by Gasteiger charge is -2.45. The van der Waals surface area contributed by atoms with E-state index in [9.17, 15) is 24.3 Å². The molecule has 0 spiro atoms. The van der Waals surface area contributed by atoms with Crippen LogP contribution in [0.1, 0.15) is 81.6 Å². The minimum Gasteiger partial charge on any atom is -0.455 e. The van der Waals surface area contributed by atoms with E-state index in [1.807, 2.05) is 11.8 Å². The molecule has 17 nitrogen and oxygen atoms in total. The topological polar surface area (TPSA) is 198 Å². The second-order valence-electron chi connectivity index (χ2n) is 16.5. The van der Waals surface area contributed by atoms with Gasteiger partial charge in [0.1, 0.15) is 35.9 Å². The van der Waals surface area contributed by atoms with E-state index in [2.05, 4.69) is 32.1 Å². The normalized spacial score (nSPS) is 32.0. The van der Waals surface area contributed by atoms with Crippen molar-refractivity contribution >= 4 is 23.6 Å². The molecule has 2 aromatic heterocycles. The quantitative estimate of drug-likeness (QED) is 0.133. The molecule has 2 aliphatic rings. The Labute approximate surface area is 352 Å². The molecule has 60 heavy (non-hydrogen) atoms. The number of ether oxygens (including phenoxy) is 5. The number of hydrogen-bond acceptors (Lipinski definition) is 15. The summed E-state index contributed by atoms with van der Waals surface area (Å²) in [6.07, 6.45) is 0.789. The highest BCUT2D eigenvalue weighted by Gasteiger charge is 2.61. The number of aliphatic hydroxyl groups excluding tert-OH is 1. The molecule has 2 aromatic rings. The molecule has 18 heteroatoms. The van der Waals surface area contributed by atoms with Gasteiger partial charge in [0.25, 0.3) is 5.67 Å². The van der Waals surface area contributed by atoms with Crippen molar-refractivity contribution in [3.63, 3.8) is 0 Å². The van der Waals surface area contributed by atoms with Crippen LogP contribution in [0.25, 0.3) is 11.4 Å². The molecule has 2 saturated heterocycles. The summed E-state index contributed by atoms with van der Waals surface area (Å²) in [4.78, 5) is 68.0. The summed E-state index contributed by atoms with van der Waals surface area (Å²) >= 11 is 0. The van der Waals surface area contributed by atoms with Crippen LogP contribution in [-0.4, -0.2) is 151 Å². The number of carbonyl (C=O) groups is 4. The van der Waals surface area contributed by atoms with Crippen LogP contribution in [0.2, 0.25) is 0 Å². The zero-order valence-electron chi connectivity index (χ0n) is 36.9. The summed E-state index contributed by atoms with van der Waals surface area (Å²) in [7, 11) is 4.97. The number of cyclic esters (lactones) is 1. The molecule has 2 unspecified atom stereocenters. The minimum atomic E-state index is -3.22. The first-order valence-corrected chi connectivity index (χ1v) is 20.5. The number of aromatic nitrogens is 5. The Hall–Kier alpha value is -4.41. The maximum atomic E-state index is 16.9. The SMILES string of the molecule is CCO[C@@H](O[C@@H]1[C@@H](C)C(=O)[C@](C)(F)C(=O)O[C@H](CC)[C@@]2(C)OC(=O)N(CC#CCn3cc(-c4cnccn4)nn3)[C@@H]2[C@@H](C)C(=O)[C@H](C)C[C@@]1(C)OC)C(O)C(CC)N(C)C. The van der Waals surface area contributed by atoms with Crippen molar-refractivity contribution in [2.45, 2.75) is 142 Å². The lowest BCUT2D eigenvalue weighted by Crippen LogP contribution is -2.61. The van der Waals surface area contributed by atoms with Crippen molar-refractivity contribution < 1.29 is 52.4 Å². The van der Waals surface area contributed by atoms with Gasteiger partial charge < -0.3 is 33.7 Å². The van der Waals surface area contributed by atoms with E-state index in [0.29, 0.717) is 17.8 Å². The smallest absolute Gasteiger partial charge is 0.411 e. The molecule has 0 radical (unpaired) electrons. The number of alkyl halides is 1. The Bertz CT molecular complexity index is 1870. The molecule has 0 bridgehead atoms. The maximum Gasteiger partial charge on any atom is 0.411 e. The molecular formula is C42H62FN7O10. The third kappa shape index (κ3) is 10.0. The number of fused-ring (bicyclic) bond motifs is 1. The van der Waals surface area contributed by atoms with E-state index in [1.165, 1.54) is 36.7 Å². The standard InChI is InChI=1S/C42H62FN7O10/c1-13-30(48(10)11)33(52)37(57-15-3)59-36-27(6)35(53)41(8,43)38(54)58-31(14-2)42(9)34(26(5)32(51)25(4)22-40(36,7)56-12)50(39(55)60-42)21-17-16-20-49-24-29(46-47-49)28-23-44-18-19-45-28/h18-19,23-27,30-31,33-34,36-37,52H,13-15,20-22H2,1-12H3/t25-,26+,27+,30?,31-,33?,34-,36-,37+,40-,41+,42-/m1/s1. The van der Waals surface area contributed by atoms with Crippen LogP contribution in [0.5, 0.6) is 0 Å². The largest absolute Gasteiger partial charge is 0.455 e. The predicted octanol–water partition coefficient (Wildman–Crippen LogP) is 3.67. The molecule has 1 amide bonds. The van der Waals surface area contributed by atoms with Crippen LogP contribution < -0.4 is 0 Å². The maximum absolute atomic E-state index is 16.9. The molecule has 0 aromatic carbocycles. The van der Waals surface area contributed by atoms with Gasteiger partial charge in [-0.3, -0.25) is 24.5 Å². The molecule has 0 saturated carbocycles. The molecule has 2 aliphatic heterocycles. The lowest BCUT2D eigenvalue weighted by molar-refractivity contribution is -0.266. The molecular weight excluding hydrogens is 781 g/mol. The molecule has 332 valence electrons. The summed E-state index contributed by atoms with van der Waals surface area (Å²) in [6, 6.07) is -1.49. The lowest BCUT2D eigenvalue weighted by atomic mass is 9.73. The Balaban J connectivity index is 1.75. The van der Waals surface area contributed by atoms with Gasteiger partial charge in [-0.2, -0.15) is 0 Å². The second-order valence-corrected chi connectivity index (χ2v) is 16.5. The van der Waals surface area contributed by atoms with Crippen molar-refractivity contribution in [1.29, 1.82) is 0 Å². The zero-order chi connectivity index (χ0) is 44.7. The first-order valence-electron chi connectivity index (χ1n) is 20.5. The summed E-state index contributed by atoms with van der Waals surface area (Å²) in [6.45, 7) is 14.1. The Kier molecular flexibility index (Phi) is 16.1. The average Bonchev–Trinajstić information content (AvgIpc) is 3.80. The average molecular weight is 844 g/mol. The first kappa shape index (κ1) is 48.3. The summed E-state index contributed by atoms with van der Waals surface area (Å²) in [5.41, 5.74) is -5.37. The molecule has 12 atom stereocenters. The highest BCUT2D eigenvalue weighted by molar-refractivity contribution is 6.08. The third-order valence-corrected chi connectivity index (χ3v) is 12.0. The van der Waals surface area contributed by atoms with Gasteiger partial charge in [-0.25, -0.2) is 18.7 Å². The summed E-state index contributed by atoms with van der Waals surface area (Å²) in [5, 5.41) is 19.8. The van der Waals surface area contributed by atoms with Gasteiger partial charge in [0, 0.05) is 49.9 Å². The number of rotatable bonds is 13. The number of ketones is 2. The number of carbonyl (C=O) groups excluding carboxylic acids is 4. The van der Waals surface area contributed by atoms with Gasteiger partial charge in [0.2, 0.25) is 0 Å². The van der Waals surface area contributed by atoms with E-state index < -0.39 is 89.2 Å². The van der Waals surface area contributed by atoms with Crippen LogP contribution in [0.4, 0.5) is 9.18 Å². The predicted molar refractivity (Wildman–Crippen MR) is 215 cm³/mol. The molecule has 1 N–H and O–H groups in total. The number of esters is 1. The van der Waals surface area contributed by atoms with E-state index in [-0.39, 0.29) is 38.3 Å². The molecule has 0 aliphatic carbocycles. The van der Waals surface area contributed by atoms with Gasteiger partial charge in [-0.05, 0) is 61.1 Å². The van der Waals surface area contributed by atoms with Gasteiger partial charge in [-0.1, -0.05) is 51.7 Å². The fourth-order valence-corrected chi connectivity index (χ4v) is 8.67. The Morgan fingerprint density at radius 2 is 1.72 bits per heavy atom. The van der Waals surface area contributed by atoms with Crippen LogP contribution >= 0.6 is 0 Å². The number of Topliss-reactive ketones (excluding diaryl/α,β-unsaturated/α-hetero) is 2. The fourth-order valence-electron chi connectivity index (χ4n) is 8.67. The van der Waals surface area contributed by atoms with Crippen molar-refractivity contribution in [2.24, 2.45) is 17.8 Å². The van der Waals surface area contributed by atoms with Gasteiger partial charge >= 0.3 is 12.1 Å². The van der Waals surface area contributed by atoms with Crippen molar-refractivity contribution in [2.75, 3.05) is 34.4 Å².